The standard InChI is InChI=1S/C20H28N6O2/c1-2-22-19-16-7-6-14(11-17(16)24-13-25-19)20(28)23-8-4-10-26-9-3-5-15(12-26)18(21)27/h6-7,11,13,15H,2-5,8-10,12H2,1H3,(H2,21,27)(H,23,28)(H,22,24,25). The van der Waals surface area contributed by atoms with Crippen LogP contribution in [0, 0.1) is 5.92 Å². The molecule has 1 aromatic carbocycles. The van der Waals surface area contributed by atoms with Gasteiger partial charge in [0.2, 0.25) is 5.91 Å². The molecule has 1 unspecified atom stereocenters. The number of nitrogens with two attached hydrogens (primary N) is 1. The van der Waals surface area contributed by atoms with Gasteiger partial charge >= 0.3 is 0 Å². The number of amides is 2. The maximum absolute atomic E-state index is 12.4. The monoisotopic (exact) mass is 384 g/mol. The summed E-state index contributed by atoms with van der Waals surface area (Å²) in [5.74, 6) is 0.403. The molecule has 1 aliphatic heterocycles. The minimum absolute atomic E-state index is 0.0463. The van der Waals surface area contributed by atoms with Crippen LogP contribution in [-0.2, 0) is 4.79 Å². The first kappa shape index (κ1) is 20.0. The summed E-state index contributed by atoms with van der Waals surface area (Å²) in [6.07, 6.45) is 4.20. The molecule has 150 valence electrons. The van der Waals surface area contributed by atoms with E-state index in [1.54, 1.807) is 12.1 Å². The highest BCUT2D eigenvalue weighted by Gasteiger charge is 2.23. The molecule has 2 heterocycles. The molecule has 4 N–H and O–H groups in total. The van der Waals surface area contributed by atoms with Crippen molar-refractivity contribution in [2.75, 3.05) is 38.0 Å². The molecular formula is C20H28N6O2. The second kappa shape index (κ2) is 9.45. The molecule has 1 atom stereocenters. The summed E-state index contributed by atoms with van der Waals surface area (Å²) in [5, 5.41) is 7.06. The van der Waals surface area contributed by atoms with Gasteiger partial charge in [0, 0.05) is 30.6 Å². The highest BCUT2D eigenvalue weighted by Crippen LogP contribution is 2.20. The van der Waals surface area contributed by atoms with Crippen LogP contribution >= 0.6 is 0 Å². The van der Waals surface area contributed by atoms with E-state index in [-0.39, 0.29) is 17.7 Å². The number of fused-ring (bicyclic) bond motifs is 1. The third kappa shape index (κ3) is 4.95. The van der Waals surface area contributed by atoms with Gasteiger partial charge in [-0.15, -0.1) is 0 Å². The number of likely N-dealkylation sites (tertiary alicyclic amines) is 1. The highest BCUT2D eigenvalue weighted by atomic mass is 16.2. The second-order valence-electron chi connectivity index (χ2n) is 7.14. The van der Waals surface area contributed by atoms with E-state index < -0.39 is 0 Å². The number of carbonyl (C=O) groups is 2. The molecule has 1 saturated heterocycles. The Morgan fingerprint density at radius 1 is 1.32 bits per heavy atom. The first-order valence-corrected chi connectivity index (χ1v) is 9.87. The molecule has 1 aromatic heterocycles. The first-order valence-electron chi connectivity index (χ1n) is 9.87. The quantitative estimate of drug-likeness (QED) is 0.593. The molecule has 2 amide bonds. The van der Waals surface area contributed by atoms with Crippen molar-refractivity contribution < 1.29 is 9.59 Å². The van der Waals surface area contributed by atoms with E-state index in [4.69, 9.17) is 5.73 Å². The van der Waals surface area contributed by atoms with E-state index in [2.05, 4.69) is 25.5 Å². The predicted molar refractivity (Wildman–Crippen MR) is 109 cm³/mol. The highest BCUT2D eigenvalue weighted by molar-refractivity contribution is 5.99. The molecule has 0 saturated carbocycles. The van der Waals surface area contributed by atoms with Gasteiger partial charge in [0.25, 0.3) is 5.91 Å². The number of carbonyl (C=O) groups excluding carboxylic acids is 2. The first-order chi connectivity index (χ1) is 13.6. The van der Waals surface area contributed by atoms with Crippen LogP contribution in [0.4, 0.5) is 5.82 Å². The molecule has 0 radical (unpaired) electrons. The van der Waals surface area contributed by atoms with Gasteiger partial charge in [-0.2, -0.15) is 0 Å². The summed E-state index contributed by atoms with van der Waals surface area (Å²) in [7, 11) is 0. The molecule has 28 heavy (non-hydrogen) atoms. The molecule has 3 rings (SSSR count). The van der Waals surface area contributed by atoms with E-state index in [0.717, 1.165) is 62.2 Å². The third-order valence-corrected chi connectivity index (χ3v) is 5.09. The minimum atomic E-state index is -0.213. The Morgan fingerprint density at radius 2 is 2.18 bits per heavy atom. The average molecular weight is 384 g/mol. The lowest BCUT2D eigenvalue weighted by Gasteiger charge is -2.31. The summed E-state index contributed by atoms with van der Waals surface area (Å²) in [6.45, 7) is 5.92. The number of primary amides is 1. The topological polar surface area (TPSA) is 113 Å². The van der Waals surface area contributed by atoms with Crippen molar-refractivity contribution in [2.45, 2.75) is 26.2 Å². The van der Waals surface area contributed by atoms with Gasteiger partial charge in [-0.1, -0.05) is 0 Å². The van der Waals surface area contributed by atoms with Gasteiger partial charge in [-0.05, 0) is 57.5 Å². The summed E-state index contributed by atoms with van der Waals surface area (Å²) in [4.78, 5) is 34.6. The summed E-state index contributed by atoms with van der Waals surface area (Å²) >= 11 is 0. The lowest BCUT2D eigenvalue weighted by atomic mass is 9.97. The van der Waals surface area contributed by atoms with Crippen LogP contribution in [-0.4, -0.2) is 59.4 Å². The Kier molecular flexibility index (Phi) is 6.76. The van der Waals surface area contributed by atoms with Crippen LogP contribution in [0.5, 0.6) is 0 Å². The molecule has 0 spiro atoms. The zero-order valence-electron chi connectivity index (χ0n) is 16.3. The SMILES string of the molecule is CCNc1ncnc2cc(C(=O)NCCCN3CCCC(C(N)=O)C3)ccc12. The van der Waals surface area contributed by atoms with Crippen molar-refractivity contribution in [1.82, 2.24) is 20.2 Å². The molecule has 2 aromatic rings. The van der Waals surface area contributed by atoms with Gasteiger partial charge in [-0.25, -0.2) is 9.97 Å². The lowest BCUT2D eigenvalue weighted by molar-refractivity contribution is -0.123. The van der Waals surface area contributed by atoms with Crippen LogP contribution < -0.4 is 16.4 Å². The van der Waals surface area contributed by atoms with Crippen LogP contribution in [0.15, 0.2) is 24.5 Å². The number of hydrogen-bond acceptors (Lipinski definition) is 6. The molecular weight excluding hydrogens is 356 g/mol. The molecule has 0 aliphatic carbocycles. The van der Waals surface area contributed by atoms with E-state index >= 15 is 0 Å². The van der Waals surface area contributed by atoms with Crippen LogP contribution in [0.3, 0.4) is 0 Å². The average Bonchev–Trinajstić information content (AvgIpc) is 2.71. The Labute approximate surface area is 164 Å². The van der Waals surface area contributed by atoms with Gasteiger partial charge in [0.1, 0.15) is 12.1 Å². The normalized spacial score (nSPS) is 17.4. The number of hydrogen-bond donors (Lipinski definition) is 3. The number of rotatable bonds is 8. The third-order valence-electron chi connectivity index (χ3n) is 5.09. The summed E-state index contributed by atoms with van der Waals surface area (Å²) in [5.41, 5.74) is 6.74. The number of piperidine rings is 1. The predicted octanol–water partition coefficient (Wildman–Crippen LogP) is 1.38. The summed E-state index contributed by atoms with van der Waals surface area (Å²) < 4.78 is 0. The van der Waals surface area contributed by atoms with Crippen LogP contribution in [0.25, 0.3) is 10.9 Å². The number of anilines is 1. The van der Waals surface area contributed by atoms with Crippen molar-refractivity contribution >= 4 is 28.5 Å². The van der Waals surface area contributed by atoms with Crippen LogP contribution in [0.1, 0.15) is 36.5 Å². The smallest absolute Gasteiger partial charge is 0.251 e. The van der Waals surface area contributed by atoms with Crippen molar-refractivity contribution in [1.29, 1.82) is 0 Å². The van der Waals surface area contributed by atoms with E-state index in [9.17, 15) is 9.59 Å². The second-order valence-corrected chi connectivity index (χ2v) is 7.14. The number of nitrogens with one attached hydrogen (secondary N) is 2. The van der Waals surface area contributed by atoms with E-state index in [0.29, 0.717) is 12.1 Å². The number of aromatic nitrogens is 2. The number of benzene rings is 1. The van der Waals surface area contributed by atoms with E-state index in [1.165, 1.54) is 6.33 Å². The fourth-order valence-corrected chi connectivity index (χ4v) is 3.60. The fourth-order valence-electron chi connectivity index (χ4n) is 3.60. The molecule has 8 heteroatoms. The molecule has 1 aliphatic rings. The van der Waals surface area contributed by atoms with Gasteiger partial charge in [0.05, 0.1) is 11.4 Å². The molecule has 0 bridgehead atoms. The Bertz CT molecular complexity index is 841. The Morgan fingerprint density at radius 3 is 2.96 bits per heavy atom. The van der Waals surface area contributed by atoms with Crippen molar-refractivity contribution in [3.63, 3.8) is 0 Å². The van der Waals surface area contributed by atoms with Crippen LogP contribution in [0.2, 0.25) is 0 Å². The zero-order valence-corrected chi connectivity index (χ0v) is 16.3. The van der Waals surface area contributed by atoms with Crippen molar-refractivity contribution in [3.8, 4) is 0 Å². The van der Waals surface area contributed by atoms with Gasteiger partial charge in [0.15, 0.2) is 0 Å². The van der Waals surface area contributed by atoms with Crippen molar-refractivity contribution in [3.05, 3.63) is 30.1 Å². The largest absolute Gasteiger partial charge is 0.370 e. The van der Waals surface area contributed by atoms with Gasteiger partial charge < -0.3 is 21.3 Å². The Hall–Kier alpha value is -2.74. The van der Waals surface area contributed by atoms with Crippen molar-refractivity contribution in [2.24, 2.45) is 11.7 Å². The van der Waals surface area contributed by atoms with Gasteiger partial charge in [-0.3, -0.25) is 9.59 Å². The maximum Gasteiger partial charge on any atom is 0.251 e. The Balaban J connectivity index is 1.50. The lowest BCUT2D eigenvalue weighted by Crippen LogP contribution is -2.42. The molecule has 8 nitrogen and oxygen atoms in total. The minimum Gasteiger partial charge on any atom is -0.370 e. The number of nitrogens with zero attached hydrogens (tertiary/aromatic N) is 3. The zero-order chi connectivity index (χ0) is 19.9. The molecule has 1 fully saturated rings. The maximum atomic E-state index is 12.4. The summed E-state index contributed by atoms with van der Waals surface area (Å²) in [6, 6.07) is 5.46. The van der Waals surface area contributed by atoms with E-state index in [1.807, 2.05) is 13.0 Å². The fraction of sp³-hybridized carbons (Fsp3) is 0.500.